The summed E-state index contributed by atoms with van der Waals surface area (Å²) in [6, 6.07) is 21.2. The highest BCUT2D eigenvalue weighted by atomic mass is 19.4. The van der Waals surface area contributed by atoms with Crippen LogP contribution in [0.2, 0.25) is 0 Å². The van der Waals surface area contributed by atoms with E-state index in [-0.39, 0.29) is 24.2 Å². The molecule has 182 valence electrons. The molecule has 0 aliphatic carbocycles. The highest BCUT2D eigenvalue weighted by Crippen LogP contribution is 2.32. The maximum absolute atomic E-state index is 12.5. The Labute approximate surface area is 200 Å². The first-order valence-electron chi connectivity index (χ1n) is 11.0. The molecule has 4 aromatic rings. The second kappa shape index (κ2) is 10.1. The molecule has 1 aromatic heterocycles. The number of carbonyl (C=O) groups excluding carboxylic acids is 1. The topological polar surface area (TPSA) is 65.4 Å². The van der Waals surface area contributed by atoms with Crippen LogP contribution in [-0.2, 0) is 16.0 Å². The molecule has 0 saturated carbocycles. The lowest BCUT2D eigenvalue weighted by molar-refractivity contribution is -0.274. The number of benzene rings is 3. The maximum atomic E-state index is 12.5. The van der Waals surface area contributed by atoms with Crippen LogP contribution in [0.25, 0.3) is 11.0 Å². The monoisotopic (exact) mass is 483 g/mol. The lowest BCUT2D eigenvalue weighted by atomic mass is 10.1. The van der Waals surface area contributed by atoms with Gasteiger partial charge in [0.2, 0.25) is 5.95 Å². The average molecular weight is 483 g/mol. The number of rotatable bonds is 8. The van der Waals surface area contributed by atoms with Crippen molar-refractivity contribution in [3.05, 3.63) is 83.9 Å². The number of aromatic nitrogens is 2. The number of halogens is 3. The van der Waals surface area contributed by atoms with E-state index in [9.17, 15) is 18.0 Å². The van der Waals surface area contributed by atoms with Gasteiger partial charge in [-0.2, -0.15) is 0 Å². The smallest absolute Gasteiger partial charge is 0.469 e. The van der Waals surface area contributed by atoms with Gasteiger partial charge in [-0.15, -0.1) is 13.2 Å². The summed E-state index contributed by atoms with van der Waals surface area (Å²) in [5, 5.41) is 3.22. The number of fused-ring (bicyclic) bond motifs is 1. The normalized spacial score (nSPS) is 12.4. The number of nitrogens with one attached hydrogen (secondary N) is 1. The zero-order valence-electron chi connectivity index (χ0n) is 19.2. The Morgan fingerprint density at radius 2 is 1.77 bits per heavy atom. The summed E-state index contributed by atoms with van der Waals surface area (Å²) in [7, 11) is 1.36. The van der Waals surface area contributed by atoms with Gasteiger partial charge < -0.3 is 19.4 Å². The molecule has 1 unspecified atom stereocenters. The van der Waals surface area contributed by atoms with Crippen LogP contribution in [0.15, 0.2) is 72.8 Å². The van der Waals surface area contributed by atoms with Gasteiger partial charge in [0.1, 0.15) is 5.75 Å². The molecular weight excluding hydrogens is 459 g/mol. The molecule has 0 amide bonds. The molecule has 0 aliphatic heterocycles. The molecule has 1 atom stereocenters. The van der Waals surface area contributed by atoms with E-state index in [0.717, 1.165) is 22.2 Å². The van der Waals surface area contributed by atoms with Crippen LogP contribution in [0, 0.1) is 0 Å². The van der Waals surface area contributed by atoms with E-state index in [1.807, 2.05) is 60.0 Å². The molecule has 1 heterocycles. The van der Waals surface area contributed by atoms with Crippen molar-refractivity contribution in [2.45, 2.75) is 32.2 Å². The van der Waals surface area contributed by atoms with Gasteiger partial charge in [0.05, 0.1) is 24.2 Å². The van der Waals surface area contributed by atoms with Gasteiger partial charge >= 0.3 is 12.3 Å². The van der Waals surface area contributed by atoms with E-state index in [4.69, 9.17) is 9.72 Å². The molecule has 4 rings (SSSR count). The van der Waals surface area contributed by atoms with E-state index in [0.29, 0.717) is 18.1 Å². The fourth-order valence-electron chi connectivity index (χ4n) is 3.88. The van der Waals surface area contributed by atoms with Crippen LogP contribution in [0.4, 0.5) is 24.8 Å². The number of anilines is 2. The number of esters is 1. The lowest BCUT2D eigenvalue weighted by Gasteiger charge is -2.19. The Morgan fingerprint density at radius 3 is 2.43 bits per heavy atom. The summed E-state index contributed by atoms with van der Waals surface area (Å²) >= 11 is 0. The molecule has 0 bridgehead atoms. The Kier molecular flexibility index (Phi) is 6.95. The summed E-state index contributed by atoms with van der Waals surface area (Å²) < 4.78 is 48.2. The van der Waals surface area contributed by atoms with E-state index in [2.05, 4.69) is 10.1 Å². The van der Waals surface area contributed by atoms with Crippen molar-refractivity contribution in [1.82, 2.24) is 9.55 Å². The zero-order chi connectivity index (χ0) is 25.0. The molecule has 6 nitrogen and oxygen atoms in total. The van der Waals surface area contributed by atoms with Crippen molar-refractivity contribution in [2.24, 2.45) is 0 Å². The predicted octanol–water partition coefficient (Wildman–Crippen LogP) is 6.39. The van der Waals surface area contributed by atoms with Gasteiger partial charge in [-0.1, -0.05) is 36.4 Å². The zero-order valence-corrected chi connectivity index (χ0v) is 19.2. The summed E-state index contributed by atoms with van der Waals surface area (Å²) in [5.74, 6) is -0.0518. The van der Waals surface area contributed by atoms with Crippen molar-refractivity contribution in [3.63, 3.8) is 0 Å². The van der Waals surface area contributed by atoms with Crippen LogP contribution in [0.3, 0.4) is 0 Å². The summed E-state index contributed by atoms with van der Waals surface area (Å²) in [5.41, 5.74) is 4.18. The number of methoxy groups -OCH3 is 1. The van der Waals surface area contributed by atoms with Gasteiger partial charge in [0.25, 0.3) is 0 Å². The van der Waals surface area contributed by atoms with E-state index in [1.165, 1.54) is 31.4 Å². The largest absolute Gasteiger partial charge is 0.573 e. The number of nitrogens with zero attached hydrogens (tertiary/aromatic N) is 2. The van der Waals surface area contributed by atoms with Crippen LogP contribution in [0.1, 0.15) is 30.5 Å². The number of aryl methyl sites for hydroxylation is 1. The number of alkyl halides is 3. The standard InChI is InChI=1S/C26H24F3N3O3/c1-17(19-6-4-3-5-7-19)32-23-14-8-18(9-15-24(33)34-2)16-22(23)31-25(32)30-20-10-12-21(13-11-20)35-26(27,28)29/h3-8,10-14,16-17H,9,15H2,1-2H3,(H,30,31). The van der Waals surface area contributed by atoms with Crippen LogP contribution in [0.5, 0.6) is 5.75 Å². The molecule has 0 spiro atoms. The van der Waals surface area contributed by atoms with E-state index < -0.39 is 6.36 Å². The third-order valence-electron chi connectivity index (χ3n) is 5.61. The number of hydrogen-bond donors (Lipinski definition) is 1. The molecule has 35 heavy (non-hydrogen) atoms. The van der Waals surface area contributed by atoms with Crippen molar-refractivity contribution in [3.8, 4) is 5.75 Å². The second-order valence-corrected chi connectivity index (χ2v) is 7.99. The first-order chi connectivity index (χ1) is 16.7. The van der Waals surface area contributed by atoms with Crippen molar-refractivity contribution >= 4 is 28.6 Å². The van der Waals surface area contributed by atoms with Gasteiger partial charge in [0, 0.05) is 12.1 Å². The predicted molar refractivity (Wildman–Crippen MR) is 127 cm³/mol. The summed E-state index contributed by atoms with van der Waals surface area (Å²) in [4.78, 5) is 16.3. The third kappa shape index (κ3) is 5.92. The lowest BCUT2D eigenvalue weighted by Crippen LogP contribution is -2.17. The molecule has 0 aliphatic rings. The molecular formula is C26H24F3N3O3. The third-order valence-corrected chi connectivity index (χ3v) is 5.61. The van der Waals surface area contributed by atoms with Crippen molar-refractivity contribution < 1.29 is 27.4 Å². The molecule has 3 aromatic carbocycles. The first kappa shape index (κ1) is 24.1. The Morgan fingerprint density at radius 1 is 1.06 bits per heavy atom. The van der Waals surface area contributed by atoms with E-state index >= 15 is 0 Å². The van der Waals surface area contributed by atoms with Gasteiger partial charge in [-0.05, 0) is 60.9 Å². The molecule has 0 saturated heterocycles. The van der Waals surface area contributed by atoms with Crippen molar-refractivity contribution in [1.29, 1.82) is 0 Å². The Bertz CT molecular complexity index is 1300. The first-order valence-corrected chi connectivity index (χ1v) is 11.0. The second-order valence-electron chi connectivity index (χ2n) is 7.99. The highest BCUT2D eigenvalue weighted by Gasteiger charge is 2.31. The van der Waals surface area contributed by atoms with Crippen LogP contribution in [-0.4, -0.2) is 29.0 Å². The fourth-order valence-corrected chi connectivity index (χ4v) is 3.88. The Hall–Kier alpha value is -4.01. The number of hydrogen-bond acceptors (Lipinski definition) is 5. The minimum Gasteiger partial charge on any atom is -0.469 e. The Balaban J connectivity index is 1.69. The summed E-state index contributed by atoms with van der Waals surface area (Å²) in [6.07, 6.45) is -3.96. The quantitative estimate of drug-likeness (QED) is 0.294. The molecule has 1 N–H and O–H groups in total. The summed E-state index contributed by atoms with van der Waals surface area (Å²) in [6.45, 7) is 2.05. The number of carbonyl (C=O) groups is 1. The van der Waals surface area contributed by atoms with Gasteiger partial charge in [-0.3, -0.25) is 4.79 Å². The maximum Gasteiger partial charge on any atom is 0.573 e. The molecule has 0 radical (unpaired) electrons. The number of imidazole rings is 1. The fraction of sp³-hybridized carbons (Fsp3) is 0.231. The minimum atomic E-state index is -4.75. The van der Waals surface area contributed by atoms with Crippen LogP contribution < -0.4 is 10.1 Å². The van der Waals surface area contributed by atoms with E-state index in [1.54, 1.807) is 0 Å². The van der Waals surface area contributed by atoms with Crippen molar-refractivity contribution in [2.75, 3.05) is 12.4 Å². The molecule has 0 fully saturated rings. The molecule has 9 heteroatoms. The van der Waals surface area contributed by atoms with Crippen LogP contribution >= 0.6 is 0 Å². The minimum absolute atomic E-state index is 0.0857. The van der Waals surface area contributed by atoms with Gasteiger partial charge in [-0.25, -0.2) is 4.98 Å². The highest BCUT2D eigenvalue weighted by molar-refractivity contribution is 5.81. The number of ether oxygens (including phenoxy) is 2. The average Bonchev–Trinajstić information content (AvgIpc) is 3.19. The van der Waals surface area contributed by atoms with Gasteiger partial charge in [0.15, 0.2) is 0 Å². The SMILES string of the molecule is COC(=O)CCc1ccc2c(c1)nc(Nc1ccc(OC(F)(F)F)cc1)n2C(C)c1ccccc1.